The van der Waals surface area contributed by atoms with Crippen molar-refractivity contribution in [2.75, 3.05) is 7.11 Å². The maximum Gasteiger partial charge on any atom is 0.321 e. The van der Waals surface area contributed by atoms with Crippen LogP contribution in [0.3, 0.4) is 0 Å². The predicted molar refractivity (Wildman–Crippen MR) is 63.0 cm³/mol. The van der Waals surface area contributed by atoms with Gasteiger partial charge in [-0.15, -0.1) is 0 Å². The minimum atomic E-state index is 0.287. The fourth-order valence-corrected chi connectivity index (χ4v) is 1.27. The van der Waals surface area contributed by atoms with E-state index in [1.807, 2.05) is 18.2 Å². The molecule has 5 heteroatoms. The quantitative estimate of drug-likeness (QED) is 0.867. The summed E-state index contributed by atoms with van der Waals surface area (Å²) in [6, 6.07) is 7.53. The van der Waals surface area contributed by atoms with E-state index in [1.165, 1.54) is 0 Å². The highest BCUT2D eigenvalue weighted by Gasteiger charge is 2.01. The third-order valence-electron chi connectivity index (χ3n) is 2.17. The maximum absolute atomic E-state index is 5.48. The predicted octanol–water partition coefficient (Wildman–Crippen LogP) is 1.74. The molecule has 0 aliphatic carbocycles. The highest BCUT2D eigenvalue weighted by atomic mass is 16.5. The van der Waals surface area contributed by atoms with Crippen molar-refractivity contribution in [3.05, 3.63) is 42.2 Å². The second kappa shape index (κ2) is 5.27. The van der Waals surface area contributed by atoms with Crippen LogP contribution in [-0.2, 0) is 6.54 Å². The molecule has 1 heterocycles. The van der Waals surface area contributed by atoms with E-state index in [1.54, 1.807) is 25.6 Å². The monoisotopic (exact) mass is 231 g/mol. The van der Waals surface area contributed by atoms with Crippen LogP contribution >= 0.6 is 0 Å². The molecule has 0 aliphatic rings. The van der Waals surface area contributed by atoms with Crippen molar-refractivity contribution in [2.24, 2.45) is 5.73 Å². The van der Waals surface area contributed by atoms with Gasteiger partial charge in [-0.1, -0.05) is 6.07 Å². The highest BCUT2D eigenvalue weighted by molar-refractivity contribution is 5.34. The van der Waals surface area contributed by atoms with Crippen LogP contribution in [0.2, 0.25) is 0 Å². The highest BCUT2D eigenvalue weighted by Crippen LogP contribution is 2.22. The maximum atomic E-state index is 5.48. The SMILES string of the molecule is COc1cccc(Oc2ncc(CN)cn2)c1. The van der Waals surface area contributed by atoms with Crippen molar-refractivity contribution in [3.63, 3.8) is 0 Å². The molecule has 0 radical (unpaired) electrons. The van der Waals surface area contributed by atoms with E-state index in [0.29, 0.717) is 12.3 Å². The summed E-state index contributed by atoms with van der Waals surface area (Å²) >= 11 is 0. The summed E-state index contributed by atoms with van der Waals surface area (Å²) in [5, 5.41) is 0. The Morgan fingerprint density at radius 3 is 2.53 bits per heavy atom. The fraction of sp³-hybridized carbons (Fsp3) is 0.167. The molecule has 88 valence electrons. The zero-order valence-electron chi connectivity index (χ0n) is 9.46. The van der Waals surface area contributed by atoms with Crippen LogP contribution in [0.25, 0.3) is 0 Å². The number of nitrogens with two attached hydrogens (primary N) is 1. The summed E-state index contributed by atoms with van der Waals surface area (Å²) in [4.78, 5) is 8.09. The number of rotatable bonds is 4. The van der Waals surface area contributed by atoms with Gasteiger partial charge in [0.05, 0.1) is 7.11 Å². The molecule has 0 aliphatic heterocycles. The van der Waals surface area contributed by atoms with E-state index in [-0.39, 0.29) is 6.01 Å². The van der Waals surface area contributed by atoms with Gasteiger partial charge in [-0.25, -0.2) is 9.97 Å². The number of hydrogen-bond donors (Lipinski definition) is 1. The average molecular weight is 231 g/mol. The molecule has 0 spiro atoms. The molecule has 2 N–H and O–H groups in total. The van der Waals surface area contributed by atoms with Crippen molar-refractivity contribution in [3.8, 4) is 17.5 Å². The lowest BCUT2D eigenvalue weighted by molar-refractivity contribution is 0.404. The van der Waals surface area contributed by atoms with Crippen LogP contribution < -0.4 is 15.2 Å². The molecular formula is C12H13N3O2. The Kier molecular flexibility index (Phi) is 3.52. The number of benzene rings is 1. The number of aromatic nitrogens is 2. The van der Waals surface area contributed by atoms with Gasteiger partial charge in [0.15, 0.2) is 0 Å². The van der Waals surface area contributed by atoms with E-state index in [0.717, 1.165) is 11.3 Å². The Hall–Kier alpha value is -2.14. The van der Waals surface area contributed by atoms with Crippen molar-refractivity contribution in [1.82, 2.24) is 9.97 Å². The van der Waals surface area contributed by atoms with Gasteiger partial charge in [0.2, 0.25) is 0 Å². The smallest absolute Gasteiger partial charge is 0.321 e. The van der Waals surface area contributed by atoms with Gasteiger partial charge >= 0.3 is 6.01 Å². The lowest BCUT2D eigenvalue weighted by atomic mass is 10.3. The molecule has 17 heavy (non-hydrogen) atoms. The Labute approximate surface area is 99.2 Å². The van der Waals surface area contributed by atoms with E-state index < -0.39 is 0 Å². The van der Waals surface area contributed by atoms with E-state index in [4.69, 9.17) is 15.2 Å². The average Bonchev–Trinajstić information content (AvgIpc) is 2.40. The lowest BCUT2D eigenvalue weighted by Gasteiger charge is -2.05. The van der Waals surface area contributed by atoms with Gasteiger partial charge in [-0.05, 0) is 12.1 Å². The second-order valence-corrected chi connectivity index (χ2v) is 3.36. The molecule has 0 atom stereocenters. The number of nitrogens with zero attached hydrogens (tertiary/aromatic N) is 2. The van der Waals surface area contributed by atoms with Crippen molar-refractivity contribution in [2.45, 2.75) is 6.54 Å². The molecule has 0 unspecified atom stereocenters. The molecule has 2 aromatic rings. The summed E-state index contributed by atoms with van der Waals surface area (Å²) < 4.78 is 10.6. The normalized spacial score (nSPS) is 10.0. The summed E-state index contributed by atoms with van der Waals surface area (Å²) in [6.45, 7) is 0.416. The van der Waals surface area contributed by atoms with Gasteiger partial charge in [0, 0.05) is 30.6 Å². The van der Waals surface area contributed by atoms with Crippen molar-refractivity contribution >= 4 is 0 Å². The van der Waals surface area contributed by atoms with Crippen LogP contribution in [-0.4, -0.2) is 17.1 Å². The van der Waals surface area contributed by atoms with Gasteiger partial charge in [-0.2, -0.15) is 0 Å². The van der Waals surface area contributed by atoms with E-state index >= 15 is 0 Å². The zero-order chi connectivity index (χ0) is 12.1. The van der Waals surface area contributed by atoms with Crippen LogP contribution in [0, 0.1) is 0 Å². The fourth-order valence-electron chi connectivity index (χ4n) is 1.27. The Balaban J connectivity index is 2.13. The first kappa shape index (κ1) is 11.3. The summed E-state index contributed by atoms with van der Waals surface area (Å²) in [5.74, 6) is 1.35. The molecule has 5 nitrogen and oxygen atoms in total. The third kappa shape index (κ3) is 2.92. The van der Waals surface area contributed by atoms with Crippen LogP contribution in [0.5, 0.6) is 17.5 Å². The minimum Gasteiger partial charge on any atom is -0.497 e. The third-order valence-corrected chi connectivity index (χ3v) is 2.17. The largest absolute Gasteiger partial charge is 0.497 e. The summed E-state index contributed by atoms with van der Waals surface area (Å²) in [5.41, 5.74) is 6.32. The number of ether oxygens (including phenoxy) is 2. The lowest BCUT2D eigenvalue weighted by Crippen LogP contribution is -1.99. The van der Waals surface area contributed by atoms with Crippen molar-refractivity contribution in [1.29, 1.82) is 0 Å². The van der Waals surface area contributed by atoms with E-state index in [2.05, 4.69) is 9.97 Å². The van der Waals surface area contributed by atoms with Gasteiger partial charge < -0.3 is 15.2 Å². The van der Waals surface area contributed by atoms with Gasteiger partial charge in [0.1, 0.15) is 11.5 Å². The van der Waals surface area contributed by atoms with Crippen LogP contribution in [0.15, 0.2) is 36.7 Å². The van der Waals surface area contributed by atoms with Gasteiger partial charge in [-0.3, -0.25) is 0 Å². The second-order valence-electron chi connectivity index (χ2n) is 3.36. The number of methoxy groups -OCH3 is 1. The molecule has 0 amide bonds. The van der Waals surface area contributed by atoms with Crippen LogP contribution in [0.4, 0.5) is 0 Å². The first-order valence-electron chi connectivity index (χ1n) is 5.14. The Morgan fingerprint density at radius 1 is 1.18 bits per heavy atom. The Bertz CT molecular complexity index is 485. The molecule has 0 fully saturated rings. The Morgan fingerprint density at radius 2 is 1.88 bits per heavy atom. The van der Waals surface area contributed by atoms with E-state index in [9.17, 15) is 0 Å². The molecule has 1 aromatic heterocycles. The molecule has 1 aromatic carbocycles. The zero-order valence-corrected chi connectivity index (χ0v) is 9.46. The standard InChI is InChI=1S/C12H13N3O2/c1-16-10-3-2-4-11(5-10)17-12-14-7-9(6-13)8-15-12/h2-5,7-8H,6,13H2,1H3. The summed E-state index contributed by atoms with van der Waals surface area (Å²) in [6.07, 6.45) is 3.28. The van der Waals surface area contributed by atoms with Crippen LogP contribution in [0.1, 0.15) is 5.56 Å². The first-order valence-corrected chi connectivity index (χ1v) is 5.14. The summed E-state index contributed by atoms with van der Waals surface area (Å²) in [7, 11) is 1.60. The molecule has 2 rings (SSSR count). The first-order chi connectivity index (χ1) is 8.31. The molecule has 0 saturated heterocycles. The van der Waals surface area contributed by atoms with Crippen molar-refractivity contribution < 1.29 is 9.47 Å². The molecule has 0 bridgehead atoms. The minimum absolute atomic E-state index is 0.287. The number of hydrogen-bond acceptors (Lipinski definition) is 5. The molecule has 0 saturated carbocycles. The topological polar surface area (TPSA) is 70.3 Å². The molecular weight excluding hydrogens is 218 g/mol. The van der Waals surface area contributed by atoms with Gasteiger partial charge in [0.25, 0.3) is 0 Å².